The molecule has 0 saturated carbocycles. The lowest BCUT2D eigenvalue weighted by Gasteiger charge is -2.20. The molecule has 0 spiro atoms. The average molecular weight is 435 g/mol. The molecule has 2 heterocycles. The van der Waals surface area contributed by atoms with Gasteiger partial charge in [-0.2, -0.15) is 5.10 Å². The van der Waals surface area contributed by atoms with E-state index in [1.807, 2.05) is 0 Å². The third-order valence-corrected chi connectivity index (χ3v) is 5.51. The molecule has 3 aromatic rings. The van der Waals surface area contributed by atoms with Crippen molar-refractivity contribution in [3.63, 3.8) is 0 Å². The number of carbonyl (C=O) groups excluding carboxylic acids is 1. The molecular formula is C20H22FN3O5S. The molecule has 0 saturated heterocycles. The highest BCUT2D eigenvalue weighted by molar-refractivity contribution is 7.90. The highest BCUT2D eigenvalue weighted by atomic mass is 32.2. The smallest absolute Gasteiger partial charge is 0.326 e. The van der Waals surface area contributed by atoms with E-state index in [-0.39, 0.29) is 22.3 Å². The zero-order valence-electron chi connectivity index (χ0n) is 17.2. The van der Waals surface area contributed by atoms with Gasteiger partial charge in [-0.15, -0.1) is 0 Å². The first-order valence-electron chi connectivity index (χ1n) is 9.08. The standard InChI is InChI=1S/C20H22FN3O5S/c1-11-18(15-6-7-16(25)23-22-15)13-8-12(30(5,27)28)9-14(21)19(13)24(11)10-17(26)29-20(2,3)4/h6-9H,10H2,1-5H3,(H,23,25). The number of nitrogens with zero attached hydrogens (tertiary/aromatic N) is 2. The molecule has 0 radical (unpaired) electrons. The van der Waals surface area contributed by atoms with Gasteiger partial charge in [-0.05, 0) is 45.9 Å². The topological polar surface area (TPSA) is 111 Å². The van der Waals surface area contributed by atoms with Gasteiger partial charge in [0.2, 0.25) is 0 Å². The van der Waals surface area contributed by atoms with Gasteiger partial charge in [0.1, 0.15) is 18.0 Å². The maximum atomic E-state index is 15.1. The summed E-state index contributed by atoms with van der Waals surface area (Å²) >= 11 is 0. The van der Waals surface area contributed by atoms with Crippen LogP contribution in [-0.4, -0.2) is 41.0 Å². The Labute approximate surface area is 172 Å². The maximum absolute atomic E-state index is 15.1. The number of benzene rings is 1. The van der Waals surface area contributed by atoms with Crippen molar-refractivity contribution in [3.8, 4) is 11.3 Å². The number of hydrogen-bond donors (Lipinski definition) is 1. The summed E-state index contributed by atoms with van der Waals surface area (Å²) in [5, 5.41) is 6.57. The molecule has 8 nitrogen and oxygen atoms in total. The fraction of sp³-hybridized carbons (Fsp3) is 0.350. The summed E-state index contributed by atoms with van der Waals surface area (Å²) in [4.78, 5) is 23.6. The number of hydrogen-bond acceptors (Lipinski definition) is 6. The number of halogens is 1. The average Bonchev–Trinajstić information content (AvgIpc) is 2.86. The van der Waals surface area contributed by atoms with Crippen LogP contribution in [0.15, 0.2) is 34.0 Å². The van der Waals surface area contributed by atoms with Crippen LogP contribution in [0.1, 0.15) is 26.5 Å². The number of aromatic nitrogens is 3. The number of fused-ring (bicyclic) bond motifs is 1. The summed E-state index contributed by atoms with van der Waals surface area (Å²) in [6.45, 7) is 6.55. The van der Waals surface area contributed by atoms with E-state index in [1.54, 1.807) is 27.7 Å². The first-order valence-corrected chi connectivity index (χ1v) is 11.0. The monoisotopic (exact) mass is 435 g/mol. The number of aromatic amines is 1. The molecule has 160 valence electrons. The summed E-state index contributed by atoms with van der Waals surface area (Å²) in [5.41, 5.74) is 0.101. The lowest BCUT2D eigenvalue weighted by Crippen LogP contribution is -2.26. The lowest BCUT2D eigenvalue weighted by molar-refractivity contribution is -0.155. The van der Waals surface area contributed by atoms with Crippen molar-refractivity contribution < 1.29 is 22.3 Å². The molecule has 30 heavy (non-hydrogen) atoms. The van der Waals surface area contributed by atoms with Gasteiger partial charge in [-0.3, -0.25) is 9.59 Å². The van der Waals surface area contributed by atoms with Crippen molar-refractivity contribution in [1.29, 1.82) is 0 Å². The van der Waals surface area contributed by atoms with Gasteiger partial charge in [0, 0.05) is 29.0 Å². The van der Waals surface area contributed by atoms with Crippen LogP contribution in [0.5, 0.6) is 0 Å². The summed E-state index contributed by atoms with van der Waals surface area (Å²) < 4.78 is 45.9. The van der Waals surface area contributed by atoms with Crippen molar-refractivity contribution in [2.24, 2.45) is 0 Å². The molecule has 1 aromatic carbocycles. The lowest BCUT2D eigenvalue weighted by atomic mass is 10.1. The van der Waals surface area contributed by atoms with E-state index in [1.165, 1.54) is 22.8 Å². The molecule has 1 N–H and O–H groups in total. The summed E-state index contributed by atoms with van der Waals surface area (Å²) in [5.74, 6) is -1.37. The second kappa shape index (κ2) is 7.35. The highest BCUT2D eigenvalue weighted by Crippen LogP contribution is 2.36. The molecule has 0 aliphatic heterocycles. The number of esters is 1. The first kappa shape index (κ1) is 21.7. The van der Waals surface area contributed by atoms with E-state index in [0.717, 1.165) is 12.3 Å². The van der Waals surface area contributed by atoms with Crippen LogP contribution in [0.4, 0.5) is 4.39 Å². The van der Waals surface area contributed by atoms with E-state index in [4.69, 9.17) is 4.74 Å². The Morgan fingerprint density at radius 3 is 2.47 bits per heavy atom. The van der Waals surface area contributed by atoms with Crippen molar-refractivity contribution in [1.82, 2.24) is 14.8 Å². The van der Waals surface area contributed by atoms with E-state index in [2.05, 4.69) is 10.2 Å². The van der Waals surface area contributed by atoms with E-state index in [9.17, 15) is 18.0 Å². The van der Waals surface area contributed by atoms with Gasteiger partial charge in [0.05, 0.1) is 16.1 Å². The van der Waals surface area contributed by atoms with Gasteiger partial charge in [-0.1, -0.05) is 0 Å². The van der Waals surface area contributed by atoms with Gasteiger partial charge >= 0.3 is 5.97 Å². The molecule has 2 aromatic heterocycles. The predicted molar refractivity (Wildman–Crippen MR) is 109 cm³/mol. The molecule has 0 aliphatic rings. The second-order valence-corrected chi connectivity index (χ2v) is 10.0. The quantitative estimate of drug-likeness (QED) is 0.631. The highest BCUT2D eigenvalue weighted by Gasteiger charge is 2.25. The van der Waals surface area contributed by atoms with Crippen molar-refractivity contribution in [2.45, 2.75) is 44.7 Å². The fourth-order valence-corrected chi connectivity index (χ4v) is 3.91. The molecule has 0 amide bonds. The van der Waals surface area contributed by atoms with Crippen LogP contribution in [-0.2, 0) is 25.9 Å². The zero-order chi connectivity index (χ0) is 22.4. The second-order valence-electron chi connectivity index (χ2n) is 8.01. The number of carbonyl (C=O) groups is 1. The minimum absolute atomic E-state index is 0.0498. The van der Waals surface area contributed by atoms with Crippen LogP contribution < -0.4 is 5.56 Å². The number of ether oxygens (including phenoxy) is 1. The Morgan fingerprint density at radius 1 is 1.27 bits per heavy atom. The molecule has 3 rings (SSSR count). The Morgan fingerprint density at radius 2 is 1.93 bits per heavy atom. The van der Waals surface area contributed by atoms with Crippen LogP contribution in [0.25, 0.3) is 22.2 Å². The summed E-state index contributed by atoms with van der Waals surface area (Å²) in [6, 6.07) is 4.97. The van der Waals surface area contributed by atoms with Gasteiger partial charge in [0.15, 0.2) is 9.84 Å². The van der Waals surface area contributed by atoms with Crippen LogP contribution in [0.3, 0.4) is 0 Å². The third-order valence-electron chi connectivity index (χ3n) is 4.41. The van der Waals surface area contributed by atoms with Crippen molar-refractivity contribution in [2.75, 3.05) is 6.26 Å². The molecular weight excluding hydrogens is 413 g/mol. The Kier molecular flexibility index (Phi) is 5.32. The SMILES string of the molecule is Cc1c(-c2ccc(=O)[nH]n2)c2cc(S(C)(=O)=O)cc(F)c2n1CC(=O)OC(C)(C)C. The summed E-state index contributed by atoms with van der Waals surface area (Å²) in [7, 11) is -3.69. The normalized spacial score (nSPS) is 12.3. The zero-order valence-corrected chi connectivity index (χ0v) is 18.1. The van der Waals surface area contributed by atoms with Crippen LogP contribution in [0, 0.1) is 12.7 Å². The third kappa shape index (κ3) is 4.28. The Balaban J connectivity index is 2.32. The van der Waals surface area contributed by atoms with Gasteiger partial charge in [-0.25, -0.2) is 17.9 Å². The maximum Gasteiger partial charge on any atom is 0.326 e. The van der Waals surface area contributed by atoms with Crippen molar-refractivity contribution in [3.05, 3.63) is 46.1 Å². The molecule has 0 aliphatic carbocycles. The molecule has 10 heteroatoms. The molecule has 0 fully saturated rings. The number of nitrogens with one attached hydrogen (secondary N) is 1. The molecule has 0 unspecified atom stereocenters. The minimum atomic E-state index is -3.69. The van der Waals surface area contributed by atoms with Crippen LogP contribution in [0.2, 0.25) is 0 Å². The fourth-order valence-electron chi connectivity index (χ4n) is 3.26. The van der Waals surface area contributed by atoms with E-state index in [0.29, 0.717) is 17.0 Å². The van der Waals surface area contributed by atoms with Crippen LogP contribution >= 0.6 is 0 Å². The summed E-state index contributed by atoms with van der Waals surface area (Å²) in [6.07, 6.45) is 0.982. The predicted octanol–water partition coefficient (Wildman–Crippen LogP) is 2.58. The number of H-pyrrole nitrogens is 1. The molecule has 0 bridgehead atoms. The van der Waals surface area contributed by atoms with E-state index >= 15 is 4.39 Å². The largest absolute Gasteiger partial charge is 0.459 e. The van der Waals surface area contributed by atoms with Gasteiger partial charge in [0.25, 0.3) is 5.56 Å². The Hall–Kier alpha value is -3.01. The first-order chi connectivity index (χ1) is 13.8. The minimum Gasteiger partial charge on any atom is -0.459 e. The molecule has 0 atom stereocenters. The van der Waals surface area contributed by atoms with E-state index < -0.39 is 32.8 Å². The number of rotatable bonds is 4. The Bertz CT molecular complexity index is 1300. The van der Waals surface area contributed by atoms with Crippen molar-refractivity contribution >= 4 is 26.7 Å². The van der Waals surface area contributed by atoms with Gasteiger partial charge < -0.3 is 9.30 Å². The number of sulfone groups is 1.